The summed E-state index contributed by atoms with van der Waals surface area (Å²) in [5, 5.41) is 1.33. The number of rotatable bonds is 1. The highest BCUT2D eigenvalue weighted by Crippen LogP contribution is 2.73. The maximum absolute atomic E-state index is 6.81. The van der Waals surface area contributed by atoms with E-state index in [4.69, 9.17) is 4.42 Å². The number of hydrogen-bond acceptors (Lipinski definition) is 2. The maximum Gasteiger partial charge on any atom is 0.207 e. The van der Waals surface area contributed by atoms with Crippen molar-refractivity contribution in [1.82, 2.24) is 4.57 Å². The molecule has 3 heterocycles. The molecule has 1 spiro atoms. The highest BCUT2D eigenvalue weighted by Gasteiger charge is 2.70. The standard InChI is InChI=1S/C25H28N2O/c1-14-6-4-5-7-21(14)27-15(2)22-19-8-9-26(3)24(19)28-23(22)25(27)18-11-16-10-17(13-18)20(25)12-16/h4-9,15-18,20H,10-13H2,1-3H3/t15-,16?,17?,18?,20?,25?/m0/s1. The lowest BCUT2D eigenvalue weighted by Gasteiger charge is -2.50. The van der Waals surface area contributed by atoms with Gasteiger partial charge in [-0.15, -0.1) is 0 Å². The molecule has 0 amide bonds. The second-order valence-corrected chi connectivity index (χ2v) is 10.0. The fourth-order valence-electron chi connectivity index (χ4n) is 8.12. The minimum absolute atomic E-state index is 0.0670. The molecule has 1 aromatic carbocycles. The monoisotopic (exact) mass is 372 g/mol. The van der Waals surface area contributed by atoms with Gasteiger partial charge in [0, 0.05) is 29.9 Å². The number of furan rings is 1. The van der Waals surface area contributed by atoms with Gasteiger partial charge >= 0.3 is 0 Å². The molecule has 0 radical (unpaired) electrons. The molecule has 3 nitrogen and oxygen atoms in total. The van der Waals surface area contributed by atoms with Crippen molar-refractivity contribution in [2.24, 2.45) is 30.7 Å². The summed E-state index contributed by atoms with van der Waals surface area (Å²) in [6, 6.07) is 11.6. The van der Waals surface area contributed by atoms with Gasteiger partial charge in [-0.3, -0.25) is 0 Å². The fraction of sp³-hybridized carbons (Fsp3) is 0.520. The third-order valence-corrected chi connectivity index (χ3v) is 8.88. The smallest absolute Gasteiger partial charge is 0.207 e. The minimum Gasteiger partial charge on any atom is -0.442 e. The SMILES string of the molecule is Cc1ccccc1N1[C@@H](C)c2c(oc3c2ccn3C)C12C1CC3CC(C1)C2C3. The normalized spacial score (nSPS) is 37.7. The highest BCUT2D eigenvalue weighted by molar-refractivity contribution is 5.85. The van der Waals surface area contributed by atoms with Gasteiger partial charge in [0.1, 0.15) is 11.3 Å². The van der Waals surface area contributed by atoms with Crippen LogP contribution in [0.25, 0.3) is 11.1 Å². The van der Waals surface area contributed by atoms with E-state index in [1.165, 1.54) is 53.6 Å². The van der Waals surface area contributed by atoms with E-state index < -0.39 is 0 Å². The maximum atomic E-state index is 6.81. The molecule has 1 aliphatic heterocycles. The van der Waals surface area contributed by atoms with Crippen molar-refractivity contribution in [3.05, 3.63) is 53.4 Å². The van der Waals surface area contributed by atoms with Crippen LogP contribution in [0.2, 0.25) is 0 Å². The van der Waals surface area contributed by atoms with E-state index in [-0.39, 0.29) is 5.54 Å². The average Bonchev–Trinajstić information content (AvgIpc) is 3.41. The first-order valence-corrected chi connectivity index (χ1v) is 11.0. The van der Waals surface area contributed by atoms with Crippen molar-refractivity contribution < 1.29 is 4.42 Å². The number of fused-ring (bicyclic) bond motifs is 3. The van der Waals surface area contributed by atoms with E-state index in [2.05, 4.69) is 66.9 Å². The molecule has 8 rings (SSSR count). The van der Waals surface area contributed by atoms with Crippen molar-refractivity contribution >= 4 is 16.8 Å². The Morgan fingerprint density at radius 1 is 1.07 bits per heavy atom. The second kappa shape index (κ2) is 4.87. The van der Waals surface area contributed by atoms with Gasteiger partial charge in [0.25, 0.3) is 0 Å². The molecule has 5 aliphatic rings. The molecule has 0 N–H and O–H groups in total. The Hall–Kier alpha value is -2.16. The fourth-order valence-corrected chi connectivity index (χ4v) is 8.12. The molecule has 5 unspecified atom stereocenters. The first-order valence-electron chi connectivity index (χ1n) is 11.0. The largest absolute Gasteiger partial charge is 0.442 e. The van der Waals surface area contributed by atoms with Crippen molar-refractivity contribution in [2.45, 2.75) is 51.1 Å². The van der Waals surface area contributed by atoms with Gasteiger partial charge in [-0.05, 0) is 80.9 Å². The first kappa shape index (κ1) is 15.7. The molecule has 3 heteroatoms. The molecule has 4 saturated carbocycles. The summed E-state index contributed by atoms with van der Waals surface area (Å²) in [4.78, 5) is 2.82. The molecule has 0 saturated heterocycles. The zero-order valence-electron chi connectivity index (χ0n) is 17.0. The lowest BCUT2D eigenvalue weighted by Crippen LogP contribution is -2.52. The van der Waals surface area contributed by atoms with Crippen molar-refractivity contribution in [2.75, 3.05) is 4.90 Å². The summed E-state index contributed by atoms with van der Waals surface area (Å²) in [5.74, 6) is 4.66. The predicted octanol–water partition coefficient (Wildman–Crippen LogP) is 5.92. The summed E-state index contributed by atoms with van der Waals surface area (Å²) < 4.78 is 8.97. The summed E-state index contributed by atoms with van der Waals surface area (Å²) in [5.41, 5.74) is 5.41. The average molecular weight is 373 g/mol. The Labute approximate surface area is 166 Å². The van der Waals surface area contributed by atoms with Crippen LogP contribution in [0.3, 0.4) is 0 Å². The molecule has 28 heavy (non-hydrogen) atoms. The number of nitrogens with zero attached hydrogens (tertiary/aromatic N) is 2. The van der Waals surface area contributed by atoms with Crippen LogP contribution in [0.1, 0.15) is 55.5 Å². The molecular weight excluding hydrogens is 344 g/mol. The Kier molecular flexibility index (Phi) is 2.74. The molecule has 4 bridgehead atoms. The Balaban J connectivity index is 1.56. The highest BCUT2D eigenvalue weighted by atomic mass is 16.4. The lowest BCUT2D eigenvalue weighted by molar-refractivity contribution is 0.127. The zero-order chi connectivity index (χ0) is 18.8. The Bertz CT molecular complexity index is 1120. The van der Waals surface area contributed by atoms with Crippen LogP contribution in [-0.4, -0.2) is 4.57 Å². The predicted molar refractivity (Wildman–Crippen MR) is 111 cm³/mol. The number of para-hydroxylation sites is 1. The van der Waals surface area contributed by atoms with Crippen molar-refractivity contribution in [3.8, 4) is 0 Å². The molecule has 2 aromatic heterocycles. The van der Waals surface area contributed by atoms with Gasteiger partial charge in [-0.2, -0.15) is 0 Å². The molecule has 144 valence electrons. The van der Waals surface area contributed by atoms with Gasteiger partial charge < -0.3 is 13.9 Å². The number of aryl methyl sites for hydroxylation is 2. The van der Waals surface area contributed by atoms with Crippen LogP contribution >= 0.6 is 0 Å². The quantitative estimate of drug-likeness (QED) is 0.528. The van der Waals surface area contributed by atoms with E-state index in [1.54, 1.807) is 0 Å². The van der Waals surface area contributed by atoms with E-state index >= 15 is 0 Å². The van der Waals surface area contributed by atoms with Gasteiger partial charge in [0.05, 0.1) is 6.04 Å². The van der Waals surface area contributed by atoms with Crippen molar-refractivity contribution in [1.29, 1.82) is 0 Å². The van der Waals surface area contributed by atoms with Gasteiger partial charge in [0.15, 0.2) is 0 Å². The Morgan fingerprint density at radius 2 is 1.93 bits per heavy atom. The van der Waals surface area contributed by atoms with Gasteiger partial charge in [-0.25, -0.2) is 0 Å². The number of benzene rings is 1. The third-order valence-electron chi connectivity index (χ3n) is 8.88. The van der Waals surface area contributed by atoms with Crippen LogP contribution in [-0.2, 0) is 12.6 Å². The summed E-state index contributed by atoms with van der Waals surface area (Å²) in [6.07, 6.45) is 7.78. The van der Waals surface area contributed by atoms with Crippen LogP contribution in [0.15, 0.2) is 40.9 Å². The van der Waals surface area contributed by atoms with E-state index in [0.29, 0.717) is 6.04 Å². The molecule has 4 fully saturated rings. The number of aromatic nitrogens is 1. The first-order chi connectivity index (χ1) is 13.6. The molecule has 6 atom stereocenters. The third kappa shape index (κ3) is 1.54. The van der Waals surface area contributed by atoms with Crippen LogP contribution in [0.5, 0.6) is 0 Å². The van der Waals surface area contributed by atoms with Crippen LogP contribution < -0.4 is 4.90 Å². The van der Waals surface area contributed by atoms with E-state index in [9.17, 15) is 0 Å². The van der Waals surface area contributed by atoms with Crippen molar-refractivity contribution in [3.63, 3.8) is 0 Å². The summed E-state index contributed by atoms with van der Waals surface area (Å²) >= 11 is 0. The molecular formula is C25H28N2O. The minimum atomic E-state index is 0.0670. The van der Waals surface area contributed by atoms with Crippen LogP contribution in [0, 0.1) is 30.6 Å². The molecule has 4 aliphatic carbocycles. The van der Waals surface area contributed by atoms with E-state index in [0.717, 1.165) is 29.4 Å². The topological polar surface area (TPSA) is 21.3 Å². The van der Waals surface area contributed by atoms with Gasteiger partial charge in [0.2, 0.25) is 5.71 Å². The van der Waals surface area contributed by atoms with Crippen LogP contribution in [0.4, 0.5) is 5.69 Å². The number of anilines is 1. The zero-order valence-corrected chi connectivity index (χ0v) is 17.0. The summed E-state index contributed by atoms with van der Waals surface area (Å²) in [7, 11) is 2.11. The number of hydrogen-bond donors (Lipinski definition) is 0. The second-order valence-electron chi connectivity index (χ2n) is 10.0. The van der Waals surface area contributed by atoms with E-state index in [1.807, 2.05) is 0 Å². The summed E-state index contributed by atoms with van der Waals surface area (Å²) in [6.45, 7) is 4.69. The molecule has 3 aromatic rings. The lowest BCUT2D eigenvalue weighted by atomic mass is 9.68. The van der Waals surface area contributed by atoms with Gasteiger partial charge in [-0.1, -0.05) is 18.2 Å². The Morgan fingerprint density at radius 3 is 2.75 bits per heavy atom.